The minimum Gasteiger partial charge on any atom is -0.360 e. The first-order chi connectivity index (χ1) is 14.1. The molecule has 2 N–H and O–H groups in total. The van der Waals surface area contributed by atoms with Crippen LogP contribution in [-0.2, 0) is 12.7 Å². The fourth-order valence-electron chi connectivity index (χ4n) is 2.36. The van der Waals surface area contributed by atoms with Gasteiger partial charge in [0, 0.05) is 12.7 Å². The molecule has 2 aromatic heterocycles. The summed E-state index contributed by atoms with van der Waals surface area (Å²) in [5, 5.41) is 16.3. The van der Waals surface area contributed by atoms with Crippen LogP contribution < -0.4 is 10.6 Å². The Kier molecular flexibility index (Phi) is 5.96. The molecule has 0 saturated carbocycles. The number of alkyl halides is 3. The first-order valence-corrected chi connectivity index (χ1v) is 8.50. The van der Waals surface area contributed by atoms with Gasteiger partial charge < -0.3 is 10.6 Å². The van der Waals surface area contributed by atoms with Crippen molar-refractivity contribution in [3.63, 3.8) is 0 Å². The van der Waals surface area contributed by atoms with Crippen molar-refractivity contribution in [1.29, 1.82) is 0 Å². The van der Waals surface area contributed by atoms with E-state index in [1.807, 2.05) is 0 Å². The first-order valence-electron chi connectivity index (χ1n) is 8.12. The van der Waals surface area contributed by atoms with E-state index in [0.29, 0.717) is 17.8 Å². The third-order valence-corrected chi connectivity index (χ3v) is 4.07. The Morgan fingerprint density at radius 2 is 1.73 bits per heavy atom. The van der Waals surface area contributed by atoms with Crippen LogP contribution in [0.4, 0.5) is 40.7 Å². The predicted octanol–water partition coefficient (Wildman–Crippen LogP) is 4.95. The molecule has 0 amide bonds. The number of aromatic nitrogens is 3. The van der Waals surface area contributed by atoms with Gasteiger partial charge in [0.15, 0.2) is 5.82 Å². The molecule has 0 aliphatic rings. The van der Waals surface area contributed by atoms with E-state index in [-0.39, 0.29) is 24.0 Å². The lowest BCUT2D eigenvalue weighted by Gasteiger charge is -2.12. The van der Waals surface area contributed by atoms with Crippen molar-refractivity contribution in [3.05, 3.63) is 74.9 Å². The number of nitro groups is 1. The number of benzene rings is 1. The van der Waals surface area contributed by atoms with Gasteiger partial charge in [-0.1, -0.05) is 23.7 Å². The highest BCUT2D eigenvalue weighted by Gasteiger charge is 2.32. The third-order valence-electron chi connectivity index (χ3n) is 3.78. The van der Waals surface area contributed by atoms with E-state index >= 15 is 0 Å². The van der Waals surface area contributed by atoms with Crippen LogP contribution in [0.2, 0.25) is 5.02 Å². The SMILES string of the molecule is O=[N+]([O-])c1c(NCc2ccc(F)cc2)ncnc1Nc1ncc(C(F)(F)F)cc1Cl. The Morgan fingerprint density at radius 1 is 1.07 bits per heavy atom. The van der Waals surface area contributed by atoms with Crippen LogP contribution in [0.25, 0.3) is 0 Å². The van der Waals surface area contributed by atoms with Crippen LogP contribution in [-0.4, -0.2) is 19.9 Å². The monoisotopic (exact) mass is 442 g/mol. The van der Waals surface area contributed by atoms with Crippen LogP contribution in [0, 0.1) is 15.9 Å². The van der Waals surface area contributed by atoms with Gasteiger partial charge in [-0.3, -0.25) is 10.1 Å². The van der Waals surface area contributed by atoms with E-state index in [1.54, 1.807) is 0 Å². The molecule has 13 heteroatoms. The molecule has 30 heavy (non-hydrogen) atoms. The van der Waals surface area contributed by atoms with Crippen molar-refractivity contribution in [2.45, 2.75) is 12.7 Å². The van der Waals surface area contributed by atoms with Crippen molar-refractivity contribution in [2.24, 2.45) is 0 Å². The van der Waals surface area contributed by atoms with Crippen LogP contribution in [0.3, 0.4) is 0 Å². The summed E-state index contributed by atoms with van der Waals surface area (Å²) in [6, 6.07) is 6.08. The van der Waals surface area contributed by atoms with E-state index in [2.05, 4.69) is 25.6 Å². The topological polar surface area (TPSA) is 106 Å². The summed E-state index contributed by atoms with van der Waals surface area (Å²) < 4.78 is 51.2. The van der Waals surface area contributed by atoms with Crippen molar-refractivity contribution in [1.82, 2.24) is 15.0 Å². The molecule has 8 nitrogen and oxygen atoms in total. The zero-order valence-electron chi connectivity index (χ0n) is 14.7. The second-order valence-corrected chi connectivity index (χ2v) is 6.24. The Morgan fingerprint density at radius 3 is 2.33 bits per heavy atom. The fraction of sp³-hybridized carbons (Fsp3) is 0.118. The third kappa shape index (κ3) is 4.89. The molecule has 0 radical (unpaired) electrons. The maximum absolute atomic E-state index is 13.0. The lowest BCUT2D eigenvalue weighted by Crippen LogP contribution is -2.10. The van der Waals surface area contributed by atoms with E-state index in [4.69, 9.17) is 11.6 Å². The number of nitrogens with zero attached hydrogens (tertiary/aromatic N) is 4. The minimum absolute atomic E-state index is 0.0941. The molecule has 0 aliphatic carbocycles. The second kappa shape index (κ2) is 8.45. The van der Waals surface area contributed by atoms with E-state index < -0.39 is 33.2 Å². The summed E-state index contributed by atoms with van der Waals surface area (Å²) in [6.07, 6.45) is -3.09. The number of nitrogens with one attached hydrogen (secondary N) is 2. The quantitative estimate of drug-likeness (QED) is 0.316. The maximum atomic E-state index is 13.0. The number of rotatable bonds is 6. The fourth-order valence-corrected chi connectivity index (χ4v) is 2.57. The highest BCUT2D eigenvalue weighted by atomic mass is 35.5. The van der Waals surface area contributed by atoms with Crippen LogP contribution in [0.15, 0.2) is 42.9 Å². The van der Waals surface area contributed by atoms with Gasteiger partial charge in [-0.25, -0.2) is 19.3 Å². The van der Waals surface area contributed by atoms with Gasteiger partial charge >= 0.3 is 11.9 Å². The average molecular weight is 443 g/mol. The molecule has 0 unspecified atom stereocenters. The lowest BCUT2D eigenvalue weighted by atomic mass is 10.2. The Balaban J connectivity index is 1.87. The largest absolute Gasteiger partial charge is 0.417 e. The molecule has 2 heterocycles. The highest BCUT2D eigenvalue weighted by Crippen LogP contribution is 2.35. The van der Waals surface area contributed by atoms with Crippen LogP contribution in [0.1, 0.15) is 11.1 Å². The summed E-state index contributed by atoms with van der Waals surface area (Å²) in [5.74, 6) is -1.18. The Labute approximate surface area is 171 Å². The van der Waals surface area contributed by atoms with Crippen molar-refractivity contribution >= 4 is 34.7 Å². The van der Waals surface area contributed by atoms with Gasteiger partial charge in [0.2, 0.25) is 11.6 Å². The zero-order valence-corrected chi connectivity index (χ0v) is 15.5. The predicted molar refractivity (Wildman–Crippen MR) is 99.9 cm³/mol. The van der Waals surface area contributed by atoms with E-state index in [9.17, 15) is 27.7 Å². The van der Waals surface area contributed by atoms with Crippen LogP contribution >= 0.6 is 11.6 Å². The summed E-state index contributed by atoms with van der Waals surface area (Å²) in [4.78, 5) is 21.9. The van der Waals surface area contributed by atoms with Gasteiger partial charge in [0.05, 0.1) is 15.5 Å². The normalized spacial score (nSPS) is 11.2. The average Bonchev–Trinajstić information content (AvgIpc) is 2.68. The van der Waals surface area contributed by atoms with Crippen molar-refractivity contribution in [3.8, 4) is 0 Å². The summed E-state index contributed by atoms with van der Waals surface area (Å²) >= 11 is 5.83. The summed E-state index contributed by atoms with van der Waals surface area (Å²) in [6.45, 7) is 0.0941. The number of hydrogen-bond acceptors (Lipinski definition) is 7. The number of anilines is 3. The van der Waals surface area contributed by atoms with Gasteiger partial charge in [-0.15, -0.1) is 0 Å². The molecular formula is C17H11ClF4N6O2. The molecule has 3 rings (SSSR count). The Hall–Kier alpha value is -3.54. The van der Waals surface area contributed by atoms with Crippen LogP contribution in [0.5, 0.6) is 0 Å². The zero-order chi connectivity index (χ0) is 21.9. The maximum Gasteiger partial charge on any atom is 0.417 e. The smallest absolute Gasteiger partial charge is 0.360 e. The minimum atomic E-state index is -4.65. The van der Waals surface area contributed by atoms with Gasteiger partial charge in [0.25, 0.3) is 0 Å². The molecule has 1 aromatic carbocycles. The molecule has 3 aromatic rings. The van der Waals surface area contributed by atoms with Crippen molar-refractivity contribution < 1.29 is 22.5 Å². The second-order valence-electron chi connectivity index (χ2n) is 5.83. The summed E-state index contributed by atoms with van der Waals surface area (Å²) in [7, 11) is 0. The number of halogens is 5. The highest BCUT2D eigenvalue weighted by molar-refractivity contribution is 6.33. The Bertz CT molecular complexity index is 1080. The molecular weight excluding hydrogens is 432 g/mol. The van der Waals surface area contributed by atoms with E-state index in [0.717, 1.165) is 6.33 Å². The number of pyridine rings is 1. The molecule has 156 valence electrons. The number of hydrogen-bond donors (Lipinski definition) is 2. The molecule has 0 fully saturated rings. The lowest BCUT2D eigenvalue weighted by molar-refractivity contribution is -0.383. The standard InChI is InChI=1S/C17H11ClF4N6O2/c18-12-5-10(17(20,21)22)7-24-14(12)27-16-13(28(29)30)15(25-8-26-16)23-6-9-1-3-11(19)4-2-9/h1-5,7-8H,6H2,(H2,23,24,25,26,27). The molecule has 0 aliphatic heterocycles. The molecule has 0 bridgehead atoms. The molecule has 0 spiro atoms. The molecule has 0 atom stereocenters. The van der Waals surface area contributed by atoms with Crippen molar-refractivity contribution in [2.75, 3.05) is 10.6 Å². The van der Waals surface area contributed by atoms with Gasteiger partial charge in [-0.2, -0.15) is 13.2 Å². The first kappa shape index (κ1) is 21.2. The summed E-state index contributed by atoms with van der Waals surface area (Å²) in [5.41, 5.74) is -1.01. The van der Waals surface area contributed by atoms with E-state index in [1.165, 1.54) is 24.3 Å². The van der Waals surface area contributed by atoms with Gasteiger partial charge in [-0.05, 0) is 23.8 Å². The molecule has 0 saturated heterocycles. The van der Waals surface area contributed by atoms with Gasteiger partial charge in [0.1, 0.15) is 12.1 Å².